The lowest BCUT2D eigenvalue weighted by Gasteiger charge is -2.16. The maximum Gasteiger partial charge on any atom is 0.265 e. The molecule has 1 atom stereocenters. The predicted octanol–water partition coefficient (Wildman–Crippen LogP) is 5.72. The highest BCUT2D eigenvalue weighted by Gasteiger charge is 2.21. The van der Waals surface area contributed by atoms with Gasteiger partial charge >= 0.3 is 0 Å². The topological polar surface area (TPSA) is 29.1 Å². The van der Waals surface area contributed by atoms with E-state index in [1.54, 1.807) is 11.3 Å². The molecule has 0 unspecified atom stereocenters. The van der Waals surface area contributed by atoms with Crippen molar-refractivity contribution >= 4 is 22.9 Å². The number of nitrogens with one attached hydrogen (secondary N) is 1. The van der Waals surface area contributed by atoms with Gasteiger partial charge in [-0.2, -0.15) is 0 Å². The average molecular weight is 362 g/mol. The van der Waals surface area contributed by atoms with Gasteiger partial charge in [0.2, 0.25) is 0 Å². The van der Waals surface area contributed by atoms with E-state index in [0.717, 1.165) is 41.3 Å². The van der Waals surface area contributed by atoms with Gasteiger partial charge in [0.25, 0.3) is 5.91 Å². The molecule has 2 nitrogen and oxygen atoms in total. The van der Waals surface area contributed by atoms with E-state index in [2.05, 4.69) is 36.5 Å². The normalized spacial score (nSPS) is 16.1. The minimum atomic E-state index is 0.0116. The maximum atomic E-state index is 12.8. The highest BCUT2D eigenvalue weighted by atomic mass is 32.1. The lowest BCUT2D eigenvalue weighted by atomic mass is 9.90. The van der Waals surface area contributed by atoms with Crippen LogP contribution in [0.4, 0.5) is 5.69 Å². The Morgan fingerprint density at radius 1 is 1.12 bits per heavy atom. The molecule has 0 radical (unpaired) electrons. The molecule has 1 aliphatic carbocycles. The number of hydrogen-bond acceptors (Lipinski definition) is 2. The summed E-state index contributed by atoms with van der Waals surface area (Å²) in [6.07, 6.45) is 4.26. The van der Waals surface area contributed by atoms with Crippen molar-refractivity contribution in [1.82, 2.24) is 0 Å². The van der Waals surface area contributed by atoms with Crippen molar-refractivity contribution in [3.8, 4) is 0 Å². The van der Waals surface area contributed by atoms with Crippen molar-refractivity contribution in [2.24, 2.45) is 5.92 Å². The third kappa shape index (κ3) is 3.73. The molecule has 0 spiro atoms. The van der Waals surface area contributed by atoms with Crippen molar-refractivity contribution in [2.75, 3.05) is 5.32 Å². The second kappa shape index (κ2) is 7.46. The summed E-state index contributed by atoms with van der Waals surface area (Å²) < 4.78 is 0. The number of amides is 1. The van der Waals surface area contributed by atoms with Crippen LogP contribution in [0.25, 0.3) is 0 Å². The van der Waals surface area contributed by atoms with E-state index >= 15 is 0 Å². The molecule has 26 heavy (non-hydrogen) atoms. The van der Waals surface area contributed by atoms with Crippen LogP contribution in [0.1, 0.15) is 44.6 Å². The first-order chi connectivity index (χ1) is 12.7. The molecule has 132 valence electrons. The summed E-state index contributed by atoms with van der Waals surface area (Å²) in [6, 6.07) is 20.5. The third-order valence-corrected chi connectivity index (χ3v) is 6.29. The van der Waals surface area contributed by atoms with Gasteiger partial charge in [-0.15, -0.1) is 11.3 Å². The summed E-state index contributed by atoms with van der Waals surface area (Å²) in [7, 11) is 0. The minimum absolute atomic E-state index is 0.0116. The van der Waals surface area contributed by atoms with E-state index in [1.165, 1.54) is 22.4 Å². The minimum Gasteiger partial charge on any atom is -0.321 e. The number of anilines is 1. The van der Waals surface area contributed by atoms with Crippen LogP contribution in [0, 0.1) is 5.92 Å². The molecule has 1 aromatic heterocycles. The molecular weight excluding hydrogens is 338 g/mol. The number of fused-ring (bicyclic) bond motifs is 1. The number of aryl methyl sites for hydroxylation is 1. The molecule has 3 heteroatoms. The van der Waals surface area contributed by atoms with Crippen LogP contribution in [0.2, 0.25) is 0 Å². The van der Waals surface area contributed by atoms with Crippen molar-refractivity contribution in [1.29, 1.82) is 0 Å². The quantitative estimate of drug-likeness (QED) is 0.633. The molecule has 0 saturated carbocycles. The van der Waals surface area contributed by atoms with Crippen LogP contribution in [0.5, 0.6) is 0 Å². The van der Waals surface area contributed by atoms with Crippen molar-refractivity contribution in [2.45, 2.75) is 32.6 Å². The van der Waals surface area contributed by atoms with Gasteiger partial charge in [-0.1, -0.05) is 55.5 Å². The van der Waals surface area contributed by atoms with Crippen LogP contribution in [0.15, 0.2) is 60.7 Å². The summed E-state index contributed by atoms with van der Waals surface area (Å²) in [4.78, 5) is 15.0. The predicted molar refractivity (Wildman–Crippen MR) is 109 cm³/mol. The molecule has 1 amide bonds. The zero-order valence-corrected chi connectivity index (χ0v) is 15.8. The SMILES string of the molecule is C[C@H]1CCc2sc(C(=O)Nc3ccccc3Cc3ccccc3)cc2C1. The van der Waals surface area contributed by atoms with E-state index in [0.29, 0.717) is 0 Å². The molecule has 0 aliphatic heterocycles. The lowest BCUT2D eigenvalue weighted by molar-refractivity contribution is 0.103. The number of benzene rings is 2. The summed E-state index contributed by atoms with van der Waals surface area (Å²) >= 11 is 1.66. The Bertz CT molecular complexity index is 913. The summed E-state index contributed by atoms with van der Waals surface area (Å²) in [6.45, 7) is 2.29. The second-order valence-electron chi connectivity index (χ2n) is 7.18. The Hall–Kier alpha value is -2.39. The molecule has 2 aromatic carbocycles. The van der Waals surface area contributed by atoms with Crippen LogP contribution < -0.4 is 5.32 Å². The number of thiophene rings is 1. The van der Waals surface area contributed by atoms with Crippen LogP contribution in [0.3, 0.4) is 0 Å². The smallest absolute Gasteiger partial charge is 0.265 e. The molecule has 3 aromatic rings. The molecule has 0 bridgehead atoms. The van der Waals surface area contributed by atoms with Crippen LogP contribution in [-0.4, -0.2) is 5.91 Å². The Balaban J connectivity index is 1.53. The highest BCUT2D eigenvalue weighted by molar-refractivity contribution is 7.14. The molecular formula is C23H23NOS. The Morgan fingerprint density at radius 3 is 2.73 bits per heavy atom. The summed E-state index contributed by atoms with van der Waals surface area (Å²) in [5.74, 6) is 0.733. The van der Waals surface area contributed by atoms with Crippen molar-refractivity contribution < 1.29 is 4.79 Å². The van der Waals surface area contributed by atoms with Crippen molar-refractivity contribution in [3.05, 3.63) is 87.1 Å². The van der Waals surface area contributed by atoms with E-state index in [-0.39, 0.29) is 5.91 Å². The largest absolute Gasteiger partial charge is 0.321 e. The first-order valence-corrected chi connectivity index (χ1v) is 10.1. The van der Waals surface area contributed by atoms with Crippen LogP contribution >= 0.6 is 11.3 Å². The Labute approximate surface area is 158 Å². The first kappa shape index (κ1) is 17.0. The Morgan fingerprint density at radius 2 is 1.88 bits per heavy atom. The van der Waals surface area contributed by atoms with Gasteiger partial charge in [-0.05, 0) is 60.4 Å². The van der Waals surface area contributed by atoms with Gasteiger partial charge in [0.15, 0.2) is 0 Å². The monoisotopic (exact) mass is 361 g/mol. The number of para-hydroxylation sites is 1. The fraction of sp³-hybridized carbons (Fsp3) is 0.261. The highest BCUT2D eigenvalue weighted by Crippen LogP contribution is 2.32. The number of carbonyl (C=O) groups is 1. The maximum absolute atomic E-state index is 12.8. The molecule has 0 fully saturated rings. The number of rotatable bonds is 4. The van der Waals surface area contributed by atoms with Gasteiger partial charge in [0.1, 0.15) is 0 Å². The Kier molecular flexibility index (Phi) is 4.89. The molecule has 4 rings (SSSR count). The van der Waals surface area contributed by atoms with Gasteiger partial charge in [-0.3, -0.25) is 4.79 Å². The van der Waals surface area contributed by atoms with E-state index < -0.39 is 0 Å². The van der Waals surface area contributed by atoms with E-state index in [9.17, 15) is 4.79 Å². The summed E-state index contributed by atoms with van der Waals surface area (Å²) in [5.41, 5.74) is 4.66. The van der Waals surface area contributed by atoms with Crippen molar-refractivity contribution in [3.63, 3.8) is 0 Å². The number of hydrogen-bond donors (Lipinski definition) is 1. The fourth-order valence-electron chi connectivity index (χ4n) is 3.61. The van der Waals surface area contributed by atoms with Gasteiger partial charge in [0.05, 0.1) is 4.88 Å². The van der Waals surface area contributed by atoms with Gasteiger partial charge in [0, 0.05) is 10.6 Å². The van der Waals surface area contributed by atoms with Gasteiger partial charge in [-0.25, -0.2) is 0 Å². The zero-order valence-electron chi connectivity index (χ0n) is 15.0. The second-order valence-corrected chi connectivity index (χ2v) is 8.32. The number of carbonyl (C=O) groups excluding carboxylic acids is 1. The average Bonchev–Trinajstić information content (AvgIpc) is 3.07. The fourth-order valence-corrected chi connectivity index (χ4v) is 4.72. The van der Waals surface area contributed by atoms with Crippen LogP contribution in [-0.2, 0) is 19.3 Å². The zero-order chi connectivity index (χ0) is 17.9. The standard InChI is InChI=1S/C23H23NOS/c1-16-11-12-21-19(13-16)15-22(26-21)23(25)24-20-10-6-5-9-18(20)14-17-7-3-2-4-8-17/h2-10,15-16H,11-14H2,1H3,(H,24,25)/t16-/m0/s1. The third-order valence-electron chi connectivity index (χ3n) is 5.06. The summed E-state index contributed by atoms with van der Waals surface area (Å²) in [5, 5.41) is 3.14. The molecule has 1 heterocycles. The van der Waals surface area contributed by atoms with E-state index in [4.69, 9.17) is 0 Å². The molecule has 1 aliphatic rings. The lowest BCUT2D eigenvalue weighted by Crippen LogP contribution is -2.12. The van der Waals surface area contributed by atoms with E-state index in [1.807, 2.05) is 36.4 Å². The first-order valence-electron chi connectivity index (χ1n) is 9.24. The molecule has 1 N–H and O–H groups in total. The van der Waals surface area contributed by atoms with Gasteiger partial charge < -0.3 is 5.32 Å². The molecule has 0 saturated heterocycles.